The molecule has 0 aromatic heterocycles. The molecule has 0 aliphatic carbocycles. The van der Waals surface area contributed by atoms with Crippen LogP contribution in [-0.2, 0) is 10.0 Å². The van der Waals surface area contributed by atoms with Crippen molar-refractivity contribution < 1.29 is 8.42 Å². The Balaban J connectivity index is 2.80. The van der Waals surface area contributed by atoms with Crippen molar-refractivity contribution in [3.63, 3.8) is 0 Å². The SMILES string of the molecule is NC1=Nc2cc(Cl)c(Cl)cc2S(=O)(=O)N1. The van der Waals surface area contributed by atoms with Gasteiger partial charge in [0.15, 0.2) is 0 Å². The van der Waals surface area contributed by atoms with Gasteiger partial charge in [0.2, 0.25) is 5.96 Å². The molecule has 0 amide bonds. The first kappa shape index (κ1) is 10.5. The number of hydrogen-bond donors (Lipinski definition) is 2. The molecule has 1 heterocycles. The average Bonchev–Trinajstić information content (AvgIpc) is 2.07. The van der Waals surface area contributed by atoms with E-state index in [1.807, 2.05) is 0 Å². The van der Waals surface area contributed by atoms with E-state index < -0.39 is 10.0 Å². The summed E-state index contributed by atoms with van der Waals surface area (Å²) >= 11 is 11.4. The van der Waals surface area contributed by atoms with Crippen molar-refractivity contribution in [2.24, 2.45) is 10.7 Å². The number of hydrogen-bond acceptors (Lipinski definition) is 4. The zero-order chi connectivity index (χ0) is 11.2. The normalized spacial score (nSPS) is 17.6. The van der Waals surface area contributed by atoms with Crippen LogP contribution in [0.25, 0.3) is 0 Å². The van der Waals surface area contributed by atoms with Gasteiger partial charge in [-0.05, 0) is 12.1 Å². The van der Waals surface area contributed by atoms with Gasteiger partial charge in [-0.1, -0.05) is 23.2 Å². The molecule has 3 N–H and O–H groups in total. The third kappa shape index (κ3) is 1.75. The van der Waals surface area contributed by atoms with E-state index in [-0.39, 0.29) is 26.6 Å². The van der Waals surface area contributed by atoms with Crippen LogP contribution in [0.3, 0.4) is 0 Å². The zero-order valence-corrected chi connectivity index (χ0v) is 9.49. The van der Waals surface area contributed by atoms with E-state index >= 15 is 0 Å². The monoisotopic (exact) mass is 265 g/mol. The van der Waals surface area contributed by atoms with Gasteiger partial charge in [0, 0.05) is 0 Å². The average molecular weight is 266 g/mol. The minimum Gasteiger partial charge on any atom is -0.369 e. The topological polar surface area (TPSA) is 84.5 Å². The summed E-state index contributed by atoms with van der Waals surface area (Å²) in [6, 6.07) is 2.59. The Morgan fingerprint density at radius 2 is 1.87 bits per heavy atom. The smallest absolute Gasteiger partial charge is 0.266 e. The first-order valence-corrected chi connectivity index (χ1v) is 6.00. The van der Waals surface area contributed by atoms with Crippen LogP contribution in [0.4, 0.5) is 5.69 Å². The largest absolute Gasteiger partial charge is 0.369 e. The van der Waals surface area contributed by atoms with Gasteiger partial charge < -0.3 is 5.73 Å². The maximum absolute atomic E-state index is 11.6. The lowest BCUT2D eigenvalue weighted by atomic mass is 10.3. The lowest BCUT2D eigenvalue weighted by Crippen LogP contribution is -2.38. The van der Waals surface area contributed by atoms with E-state index in [9.17, 15) is 8.42 Å². The Kier molecular flexibility index (Phi) is 2.29. The number of benzene rings is 1. The van der Waals surface area contributed by atoms with Crippen molar-refractivity contribution in [2.45, 2.75) is 4.90 Å². The van der Waals surface area contributed by atoms with Gasteiger partial charge in [0.1, 0.15) is 4.90 Å². The first-order chi connectivity index (χ1) is 6.90. The summed E-state index contributed by atoms with van der Waals surface area (Å²) in [5.41, 5.74) is 5.48. The minimum absolute atomic E-state index is 0.0360. The summed E-state index contributed by atoms with van der Waals surface area (Å²) < 4.78 is 25.2. The summed E-state index contributed by atoms with van der Waals surface area (Å²) in [7, 11) is -3.68. The van der Waals surface area contributed by atoms with E-state index in [2.05, 4.69) is 9.71 Å². The van der Waals surface area contributed by atoms with Crippen molar-refractivity contribution in [3.05, 3.63) is 22.2 Å². The van der Waals surface area contributed by atoms with Gasteiger partial charge in [0.05, 0.1) is 15.7 Å². The Bertz CT molecular complexity index is 568. The fourth-order valence-corrected chi connectivity index (χ4v) is 2.64. The van der Waals surface area contributed by atoms with Crippen molar-refractivity contribution >= 4 is 44.9 Å². The molecule has 0 radical (unpaired) electrons. The fraction of sp³-hybridized carbons (Fsp3) is 0. The van der Waals surface area contributed by atoms with Crippen LogP contribution in [0.1, 0.15) is 0 Å². The molecule has 15 heavy (non-hydrogen) atoms. The highest BCUT2D eigenvalue weighted by atomic mass is 35.5. The van der Waals surface area contributed by atoms with Gasteiger partial charge >= 0.3 is 0 Å². The van der Waals surface area contributed by atoms with E-state index in [0.717, 1.165) is 0 Å². The van der Waals surface area contributed by atoms with Crippen LogP contribution in [0, 0.1) is 0 Å². The number of guanidine groups is 1. The number of rotatable bonds is 0. The predicted octanol–water partition coefficient (Wildman–Crippen LogP) is 1.23. The molecule has 0 fully saturated rings. The molecule has 1 aromatic carbocycles. The highest BCUT2D eigenvalue weighted by Crippen LogP contribution is 2.34. The Morgan fingerprint density at radius 3 is 2.53 bits per heavy atom. The van der Waals surface area contributed by atoms with E-state index in [4.69, 9.17) is 28.9 Å². The third-order valence-electron chi connectivity index (χ3n) is 1.77. The Morgan fingerprint density at radius 1 is 1.27 bits per heavy atom. The molecule has 5 nitrogen and oxygen atoms in total. The standard InChI is InChI=1S/C7H5Cl2N3O2S/c8-3-1-5-6(2-4(3)9)15(13,14)12-7(10)11-5/h1-2H,(H3,10,11,12). The van der Waals surface area contributed by atoms with Gasteiger partial charge in [-0.2, -0.15) is 0 Å². The highest BCUT2D eigenvalue weighted by Gasteiger charge is 2.25. The lowest BCUT2D eigenvalue weighted by Gasteiger charge is -2.15. The number of fused-ring (bicyclic) bond motifs is 1. The molecule has 1 aromatic rings. The molecule has 0 spiro atoms. The molecule has 1 aliphatic rings. The maximum Gasteiger partial charge on any atom is 0.266 e. The van der Waals surface area contributed by atoms with E-state index in [1.54, 1.807) is 0 Å². The summed E-state index contributed by atoms with van der Waals surface area (Å²) in [4.78, 5) is 3.77. The molecule has 8 heteroatoms. The number of nitrogens with two attached hydrogens (primary N) is 1. The Hall–Kier alpha value is -0.980. The lowest BCUT2D eigenvalue weighted by molar-refractivity contribution is 0.591. The van der Waals surface area contributed by atoms with Gasteiger partial charge in [-0.25, -0.2) is 18.1 Å². The zero-order valence-electron chi connectivity index (χ0n) is 7.16. The van der Waals surface area contributed by atoms with E-state index in [1.165, 1.54) is 12.1 Å². The van der Waals surface area contributed by atoms with Crippen LogP contribution in [0.2, 0.25) is 10.0 Å². The number of halogens is 2. The quantitative estimate of drug-likeness (QED) is 0.740. The number of sulfonamides is 1. The molecule has 80 valence electrons. The molecule has 0 saturated heterocycles. The number of nitrogens with zero attached hydrogens (tertiary/aromatic N) is 1. The second-order valence-electron chi connectivity index (χ2n) is 2.84. The van der Waals surface area contributed by atoms with Crippen LogP contribution in [0.5, 0.6) is 0 Å². The molecule has 0 unspecified atom stereocenters. The first-order valence-electron chi connectivity index (χ1n) is 3.76. The second kappa shape index (κ2) is 3.26. The van der Waals surface area contributed by atoms with Crippen molar-refractivity contribution in [2.75, 3.05) is 0 Å². The molecule has 2 rings (SSSR count). The van der Waals surface area contributed by atoms with Crippen LogP contribution < -0.4 is 10.5 Å². The molecular formula is C7H5Cl2N3O2S. The number of nitrogens with one attached hydrogen (secondary N) is 1. The van der Waals surface area contributed by atoms with Crippen LogP contribution in [0.15, 0.2) is 22.0 Å². The molecule has 0 saturated carbocycles. The molecule has 0 atom stereocenters. The minimum atomic E-state index is -3.68. The van der Waals surface area contributed by atoms with Gasteiger partial charge in [0.25, 0.3) is 10.0 Å². The molecule has 0 bridgehead atoms. The summed E-state index contributed by atoms with van der Waals surface area (Å²) in [5, 5.41) is 0.375. The highest BCUT2D eigenvalue weighted by molar-refractivity contribution is 7.90. The summed E-state index contributed by atoms with van der Waals surface area (Å²) in [5.74, 6) is -0.194. The third-order valence-corrected chi connectivity index (χ3v) is 3.88. The summed E-state index contributed by atoms with van der Waals surface area (Å²) in [6.07, 6.45) is 0. The number of aliphatic imine (C=N–C) groups is 1. The van der Waals surface area contributed by atoms with Crippen LogP contribution >= 0.6 is 23.2 Å². The molecular weight excluding hydrogens is 261 g/mol. The maximum atomic E-state index is 11.6. The molecule has 1 aliphatic heterocycles. The van der Waals surface area contributed by atoms with Crippen molar-refractivity contribution in [1.82, 2.24) is 4.72 Å². The van der Waals surface area contributed by atoms with Crippen molar-refractivity contribution in [3.8, 4) is 0 Å². The fourth-order valence-electron chi connectivity index (χ4n) is 1.17. The Labute approximate surface area is 95.9 Å². The summed E-state index contributed by atoms with van der Waals surface area (Å²) in [6.45, 7) is 0. The van der Waals surface area contributed by atoms with Gasteiger partial charge in [-0.15, -0.1) is 0 Å². The van der Waals surface area contributed by atoms with Crippen molar-refractivity contribution in [1.29, 1.82) is 0 Å². The van der Waals surface area contributed by atoms with Crippen LogP contribution in [-0.4, -0.2) is 14.4 Å². The van der Waals surface area contributed by atoms with Gasteiger partial charge in [-0.3, -0.25) is 0 Å². The second-order valence-corrected chi connectivity index (χ2v) is 5.30. The predicted molar refractivity (Wildman–Crippen MR) is 58.1 cm³/mol. The van der Waals surface area contributed by atoms with E-state index in [0.29, 0.717) is 0 Å².